The molecular formula is C10H11NO2S. The number of hydrogen-bond acceptors (Lipinski definition) is 4. The number of nitrogens with zero attached hydrogens (tertiary/aromatic N) is 1. The van der Waals surface area contributed by atoms with Gasteiger partial charge in [-0.25, -0.2) is 0 Å². The van der Waals surface area contributed by atoms with Crippen LogP contribution in [-0.4, -0.2) is 11.4 Å². The predicted octanol–water partition coefficient (Wildman–Crippen LogP) is 2.83. The van der Waals surface area contributed by atoms with Gasteiger partial charge in [0.1, 0.15) is 5.69 Å². The van der Waals surface area contributed by atoms with Crippen molar-refractivity contribution in [1.29, 1.82) is 0 Å². The minimum atomic E-state index is 0.665. The first-order valence-electron chi connectivity index (χ1n) is 4.66. The molecule has 0 aliphatic carbocycles. The third-order valence-electron chi connectivity index (χ3n) is 2.26. The molecule has 0 spiro atoms. The van der Waals surface area contributed by atoms with Gasteiger partial charge < -0.3 is 4.52 Å². The van der Waals surface area contributed by atoms with Crippen molar-refractivity contribution in [2.24, 2.45) is 0 Å². The number of hydrogen-bond donors (Lipinski definition) is 0. The van der Waals surface area contributed by atoms with Crippen molar-refractivity contribution in [2.75, 3.05) is 0 Å². The van der Waals surface area contributed by atoms with Crippen molar-refractivity contribution >= 4 is 27.9 Å². The van der Waals surface area contributed by atoms with Gasteiger partial charge >= 0.3 is 0 Å². The minimum absolute atomic E-state index is 0.665. The van der Waals surface area contributed by atoms with E-state index in [0.29, 0.717) is 11.1 Å². The molecule has 0 unspecified atom stereocenters. The van der Waals surface area contributed by atoms with Gasteiger partial charge in [-0.1, -0.05) is 19.0 Å². The topological polar surface area (TPSA) is 43.1 Å². The Bertz CT molecular complexity index is 470. The Morgan fingerprint density at radius 3 is 2.79 bits per heavy atom. The quantitative estimate of drug-likeness (QED) is 0.730. The van der Waals surface area contributed by atoms with E-state index in [-0.39, 0.29) is 0 Å². The maximum Gasteiger partial charge on any atom is 0.188 e. The highest BCUT2D eigenvalue weighted by atomic mass is 32.1. The molecule has 0 aliphatic heterocycles. The maximum absolute atomic E-state index is 10.9. The Morgan fingerprint density at radius 1 is 1.43 bits per heavy atom. The molecule has 0 fully saturated rings. The summed E-state index contributed by atoms with van der Waals surface area (Å²) in [4.78, 5) is 12.0. The average Bonchev–Trinajstić information content (AvgIpc) is 2.73. The summed E-state index contributed by atoms with van der Waals surface area (Å²) in [6, 6.07) is 0. The van der Waals surface area contributed by atoms with Crippen LogP contribution in [0.2, 0.25) is 0 Å². The second-order valence-corrected chi connectivity index (χ2v) is 4.16. The Morgan fingerprint density at radius 2 is 2.21 bits per heavy atom. The van der Waals surface area contributed by atoms with Gasteiger partial charge in [-0.2, -0.15) is 0 Å². The lowest BCUT2D eigenvalue weighted by Crippen LogP contribution is -1.82. The van der Waals surface area contributed by atoms with Crippen molar-refractivity contribution in [3.05, 3.63) is 16.1 Å². The zero-order valence-corrected chi connectivity index (χ0v) is 8.98. The number of aromatic nitrogens is 1. The van der Waals surface area contributed by atoms with Crippen LogP contribution in [0.5, 0.6) is 0 Å². The lowest BCUT2D eigenvalue weighted by molar-refractivity contribution is 0.112. The first-order valence-corrected chi connectivity index (χ1v) is 5.48. The molecule has 0 radical (unpaired) electrons. The zero-order valence-electron chi connectivity index (χ0n) is 8.16. The third-order valence-corrected chi connectivity index (χ3v) is 3.64. The van der Waals surface area contributed by atoms with Gasteiger partial charge in [0.15, 0.2) is 11.9 Å². The van der Waals surface area contributed by atoms with Gasteiger partial charge in [0, 0.05) is 4.88 Å². The highest BCUT2D eigenvalue weighted by molar-refractivity contribution is 7.19. The Kier molecular flexibility index (Phi) is 2.37. The molecule has 0 atom stereocenters. The summed E-state index contributed by atoms with van der Waals surface area (Å²) in [5.41, 5.74) is 2.30. The van der Waals surface area contributed by atoms with Gasteiger partial charge in [-0.3, -0.25) is 4.79 Å². The molecule has 0 N–H and O–H groups in total. The zero-order chi connectivity index (χ0) is 10.1. The van der Waals surface area contributed by atoms with Crippen LogP contribution in [0.3, 0.4) is 0 Å². The lowest BCUT2D eigenvalue weighted by atomic mass is 10.2. The minimum Gasteiger partial charge on any atom is -0.354 e. The molecule has 0 saturated heterocycles. The SMILES string of the molecule is CCc1sc2c(CC)noc2c1C=O. The molecule has 3 nitrogen and oxygen atoms in total. The van der Waals surface area contributed by atoms with Crippen molar-refractivity contribution < 1.29 is 9.32 Å². The highest BCUT2D eigenvalue weighted by Gasteiger charge is 2.17. The molecule has 0 bridgehead atoms. The molecule has 2 rings (SSSR count). The number of fused-ring (bicyclic) bond motifs is 1. The number of carbonyl (C=O) groups excluding carboxylic acids is 1. The highest BCUT2D eigenvalue weighted by Crippen LogP contribution is 2.33. The van der Waals surface area contributed by atoms with Crippen LogP contribution in [-0.2, 0) is 12.8 Å². The molecule has 0 saturated carbocycles. The van der Waals surface area contributed by atoms with Crippen molar-refractivity contribution in [2.45, 2.75) is 26.7 Å². The number of aldehydes is 1. The molecule has 0 aromatic carbocycles. The standard InChI is InChI=1S/C10H11NO2S/c1-3-7-10-9(13-11-7)6(5-12)8(4-2)14-10/h5H,3-4H2,1-2H3. The summed E-state index contributed by atoms with van der Waals surface area (Å²) in [7, 11) is 0. The van der Waals surface area contributed by atoms with Gasteiger partial charge in [0.05, 0.1) is 10.3 Å². The fourth-order valence-electron chi connectivity index (χ4n) is 1.50. The van der Waals surface area contributed by atoms with Crippen molar-refractivity contribution in [3.63, 3.8) is 0 Å². The average molecular weight is 209 g/mol. The second-order valence-electron chi connectivity index (χ2n) is 3.05. The van der Waals surface area contributed by atoms with E-state index in [2.05, 4.69) is 5.16 Å². The summed E-state index contributed by atoms with van der Waals surface area (Å²) in [6.45, 7) is 4.07. The monoisotopic (exact) mass is 209 g/mol. The molecule has 2 heterocycles. The molecule has 2 aromatic heterocycles. The number of rotatable bonds is 3. The van der Waals surface area contributed by atoms with Crippen LogP contribution in [0.1, 0.15) is 34.8 Å². The molecule has 0 amide bonds. The van der Waals surface area contributed by atoms with E-state index < -0.39 is 0 Å². The molecule has 4 heteroatoms. The van der Waals surface area contributed by atoms with E-state index >= 15 is 0 Å². The number of carbonyl (C=O) groups is 1. The summed E-state index contributed by atoms with van der Waals surface area (Å²) in [6.07, 6.45) is 2.57. The summed E-state index contributed by atoms with van der Waals surface area (Å²) in [5, 5.41) is 3.93. The molecule has 0 aliphatic rings. The van der Waals surface area contributed by atoms with Crippen molar-refractivity contribution in [3.8, 4) is 0 Å². The fourth-order valence-corrected chi connectivity index (χ4v) is 2.68. The molecule has 2 aromatic rings. The third kappa shape index (κ3) is 1.18. The van der Waals surface area contributed by atoms with Crippen LogP contribution < -0.4 is 0 Å². The van der Waals surface area contributed by atoms with Crippen LogP contribution in [0.25, 0.3) is 10.3 Å². The van der Waals surface area contributed by atoms with Gasteiger partial charge in [-0.15, -0.1) is 11.3 Å². The Labute approximate surface area is 85.7 Å². The van der Waals surface area contributed by atoms with Gasteiger partial charge in [-0.05, 0) is 12.8 Å². The van der Waals surface area contributed by atoms with E-state index in [0.717, 1.165) is 34.4 Å². The molecule has 14 heavy (non-hydrogen) atoms. The van der Waals surface area contributed by atoms with Gasteiger partial charge in [0.25, 0.3) is 0 Å². The smallest absolute Gasteiger partial charge is 0.188 e. The Balaban J connectivity index is 2.73. The first kappa shape index (κ1) is 9.40. The Hall–Kier alpha value is -1.16. The van der Waals surface area contributed by atoms with E-state index in [1.807, 2.05) is 13.8 Å². The number of thiophene rings is 1. The maximum atomic E-state index is 10.9. The van der Waals surface area contributed by atoms with E-state index in [4.69, 9.17) is 4.52 Å². The summed E-state index contributed by atoms with van der Waals surface area (Å²) < 4.78 is 6.21. The second kappa shape index (κ2) is 3.53. The van der Waals surface area contributed by atoms with Gasteiger partial charge in [0.2, 0.25) is 0 Å². The van der Waals surface area contributed by atoms with Crippen LogP contribution in [0, 0.1) is 0 Å². The summed E-state index contributed by atoms with van der Waals surface area (Å²) in [5.74, 6) is 0. The molecule has 74 valence electrons. The van der Waals surface area contributed by atoms with Crippen LogP contribution in [0.15, 0.2) is 4.52 Å². The summed E-state index contributed by atoms with van der Waals surface area (Å²) >= 11 is 1.62. The lowest BCUT2D eigenvalue weighted by Gasteiger charge is -1.88. The van der Waals surface area contributed by atoms with Crippen LogP contribution in [0.4, 0.5) is 0 Å². The van der Waals surface area contributed by atoms with Crippen molar-refractivity contribution in [1.82, 2.24) is 5.16 Å². The largest absolute Gasteiger partial charge is 0.354 e. The van der Waals surface area contributed by atoms with E-state index in [1.54, 1.807) is 11.3 Å². The number of aryl methyl sites for hydroxylation is 2. The van der Waals surface area contributed by atoms with E-state index in [1.165, 1.54) is 0 Å². The normalized spacial score (nSPS) is 11.0. The van der Waals surface area contributed by atoms with Crippen LogP contribution >= 0.6 is 11.3 Å². The van der Waals surface area contributed by atoms with E-state index in [9.17, 15) is 4.79 Å². The fraction of sp³-hybridized carbons (Fsp3) is 0.400. The predicted molar refractivity (Wildman–Crippen MR) is 56.0 cm³/mol. The molecular weight excluding hydrogens is 198 g/mol. The first-order chi connectivity index (χ1) is 6.81.